The highest BCUT2D eigenvalue weighted by Gasteiger charge is 2.08. The van der Waals surface area contributed by atoms with Gasteiger partial charge in [0, 0.05) is 24.5 Å². The van der Waals surface area contributed by atoms with Gasteiger partial charge in [0.15, 0.2) is 0 Å². The molecule has 0 saturated carbocycles. The molecule has 1 aromatic carbocycles. The third-order valence-electron chi connectivity index (χ3n) is 3.84. The highest BCUT2D eigenvalue weighted by Crippen LogP contribution is 2.30. The van der Waals surface area contributed by atoms with Crippen LogP contribution < -0.4 is 10.2 Å². The van der Waals surface area contributed by atoms with Crippen molar-refractivity contribution in [1.82, 2.24) is 9.99 Å². The number of amides is 1. The Bertz CT molecular complexity index is 943. The van der Waals surface area contributed by atoms with Gasteiger partial charge in [0.2, 0.25) is 5.91 Å². The maximum absolute atomic E-state index is 11.9. The minimum atomic E-state index is -0.197. The van der Waals surface area contributed by atoms with Gasteiger partial charge >= 0.3 is 0 Å². The zero-order chi connectivity index (χ0) is 18.5. The maximum Gasteiger partial charge on any atom is 0.245 e. The van der Waals surface area contributed by atoms with E-state index in [4.69, 9.17) is 20.8 Å². The summed E-state index contributed by atoms with van der Waals surface area (Å²) in [5.74, 6) is 1.57. The molecule has 3 rings (SSSR count). The number of ether oxygens (including phenoxy) is 1. The van der Waals surface area contributed by atoms with Crippen molar-refractivity contribution in [3.63, 3.8) is 0 Å². The smallest absolute Gasteiger partial charge is 0.245 e. The lowest BCUT2D eigenvalue weighted by Gasteiger charge is -2.04. The topological polar surface area (TPSA) is 68.8 Å². The van der Waals surface area contributed by atoms with Gasteiger partial charge in [-0.05, 0) is 42.5 Å². The molecule has 26 heavy (non-hydrogen) atoms. The van der Waals surface area contributed by atoms with Crippen molar-refractivity contribution in [2.75, 3.05) is 7.11 Å². The van der Waals surface area contributed by atoms with Gasteiger partial charge in [-0.1, -0.05) is 11.6 Å². The quantitative estimate of drug-likeness (QED) is 0.531. The van der Waals surface area contributed by atoms with Crippen molar-refractivity contribution in [1.29, 1.82) is 0 Å². The lowest BCUT2D eigenvalue weighted by molar-refractivity contribution is -0.120. The number of methoxy groups -OCH3 is 1. The molecule has 0 atom stereocenters. The van der Waals surface area contributed by atoms with E-state index in [0.29, 0.717) is 22.3 Å². The predicted molar refractivity (Wildman–Crippen MR) is 101 cm³/mol. The zero-order valence-corrected chi connectivity index (χ0v) is 15.2. The molecule has 1 N–H and O–H groups in total. The number of rotatable bonds is 6. The van der Waals surface area contributed by atoms with E-state index in [2.05, 4.69) is 10.5 Å². The summed E-state index contributed by atoms with van der Waals surface area (Å²) in [5, 5.41) is 4.43. The summed E-state index contributed by atoms with van der Waals surface area (Å²) in [7, 11) is 3.45. The Labute approximate surface area is 156 Å². The predicted octanol–water partition coefficient (Wildman–Crippen LogP) is 3.64. The fourth-order valence-electron chi connectivity index (χ4n) is 2.45. The number of aryl methyl sites for hydroxylation is 1. The summed E-state index contributed by atoms with van der Waals surface area (Å²) in [6.45, 7) is 0. The number of hydrogen-bond donors (Lipinski definition) is 1. The zero-order valence-electron chi connectivity index (χ0n) is 14.4. The largest absolute Gasteiger partial charge is 0.495 e. The summed E-state index contributed by atoms with van der Waals surface area (Å²) in [6, 6.07) is 12.8. The number of nitrogens with zero attached hydrogens (tertiary/aromatic N) is 2. The SMILES string of the molecule is COc1ccc(-c2ccc(/C=N/NC(=O)Cc3cccn3C)o2)cc1Cl. The molecule has 3 aromatic rings. The van der Waals surface area contributed by atoms with Crippen LogP contribution in [0.1, 0.15) is 11.5 Å². The Morgan fingerprint density at radius 2 is 2.19 bits per heavy atom. The second kappa shape index (κ2) is 7.93. The molecule has 6 nitrogen and oxygen atoms in total. The van der Waals surface area contributed by atoms with Crippen LogP contribution in [0.15, 0.2) is 58.2 Å². The van der Waals surface area contributed by atoms with Gasteiger partial charge in [0.25, 0.3) is 0 Å². The van der Waals surface area contributed by atoms with Crippen molar-refractivity contribution in [3.8, 4) is 17.1 Å². The third kappa shape index (κ3) is 4.15. The molecule has 0 radical (unpaired) electrons. The first-order valence-corrected chi connectivity index (χ1v) is 8.30. The molecule has 0 spiro atoms. The van der Waals surface area contributed by atoms with Crippen molar-refractivity contribution in [2.24, 2.45) is 12.1 Å². The first kappa shape index (κ1) is 17.8. The van der Waals surface area contributed by atoms with Crippen LogP contribution in [0.2, 0.25) is 5.02 Å². The number of carbonyl (C=O) groups is 1. The van der Waals surface area contributed by atoms with E-state index in [1.807, 2.05) is 42.1 Å². The summed E-state index contributed by atoms with van der Waals surface area (Å²) in [6.07, 6.45) is 3.60. The Hall–Kier alpha value is -2.99. The van der Waals surface area contributed by atoms with Gasteiger partial charge < -0.3 is 13.7 Å². The number of nitrogens with one attached hydrogen (secondary N) is 1. The van der Waals surface area contributed by atoms with Crippen molar-refractivity contribution in [3.05, 3.63) is 65.1 Å². The fraction of sp³-hybridized carbons (Fsp3) is 0.158. The van der Waals surface area contributed by atoms with Crippen LogP contribution >= 0.6 is 11.6 Å². The number of carbonyl (C=O) groups excluding carboxylic acids is 1. The van der Waals surface area contributed by atoms with Crippen LogP contribution in [-0.2, 0) is 18.3 Å². The van der Waals surface area contributed by atoms with Gasteiger partial charge in [-0.2, -0.15) is 5.10 Å². The van der Waals surface area contributed by atoms with Gasteiger partial charge in [-0.25, -0.2) is 5.43 Å². The molecule has 2 heterocycles. The number of hydrazone groups is 1. The van der Waals surface area contributed by atoms with Crippen LogP contribution in [0.3, 0.4) is 0 Å². The number of aromatic nitrogens is 1. The van der Waals surface area contributed by atoms with Crippen LogP contribution in [0.5, 0.6) is 5.75 Å². The number of halogens is 1. The van der Waals surface area contributed by atoms with Crippen molar-refractivity contribution >= 4 is 23.7 Å². The maximum atomic E-state index is 11.9. The number of benzene rings is 1. The van der Waals surface area contributed by atoms with E-state index in [-0.39, 0.29) is 12.3 Å². The molecule has 0 aliphatic carbocycles. The molecular formula is C19H18ClN3O3. The number of furan rings is 1. The second-order valence-corrected chi connectivity index (χ2v) is 6.04. The molecule has 134 valence electrons. The molecule has 0 bridgehead atoms. The minimum Gasteiger partial charge on any atom is -0.495 e. The Kier molecular flexibility index (Phi) is 5.43. The first-order chi connectivity index (χ1) is 12.6. The Morgan fingerprint density at radius 1 is 1.35 bits per heavy atom. The van der Waals surface area contributed by atoms with Gasteiger partial charge in [-0.3, -0.25) is 4.79 Å². The molecular weight excluding hydrogens is 354 g/mol. The molecule has 1 amide bonds. The lowest BCUT2D eigenvalue weighted by atomic mass is 10.2. The molecule has 0 fully saturated rings. The van der Waals surface area contributed by atoms with E-state index < -0.39 is 0 Å². The van der Waals surface area contributed by atoms with E-state index in [0.717, 1.165) is 11.3 Å². The highest BCUT2D eigenvalue weighted by molar-refractivity contribution is 6.32. The average Bonchev–Trinajstić information content (AvgIpc) is 3.24. The Balaban J connectivity index is 1.61. The Morgan fingerprint density at radius 3 is 2.88 bits per heavy atom. The normalized spacial score (nSPS) is 11.0. The molecule has 2 aromatic heterocycles. The minimum absolute atomic E-state index is 0.197. The summed E-state index contributed by atoms with van der Waals surface area (Å²) in [5.41, 5.74) is 4.22. The third-order valence-corrected chi connectivity index (χ3v) is 4.13. The highest BCUT2D eigenvalue weighted by atomic mass is 35.5. The van der Waals surface area contributed by atoms with Crippen LogP contribution in [0.25, 0.3) is 11.3 Å². The van der Waals surface area contributed by atoms with Gasteiger partial charge in [-0.15, -0.1) is 0 Å². The molecule has 0 aliphatic heterocycles. The second-order valence-electron chi connectivity index (χ2n) is 5.63. The van der Waals surface area contributed by atoms with E-state index in [9.17, 15) is 4.79 Å². The van der Waals surface area contributed by atoms with Gasteiger partial charge in [0.05, 0.1) is 24.8 Å². The number of hydrogen-bond acceptors (Lipinski definition) is 4. The van der Waals surface area contributed by atoms with E-state index in [1.54, 1.807) is 25.3 Å². The van der Waals surface area contributed by atoms with Crippen LogP contribution in [0.4, 0.5) is 0 Å². The van der Waals surface area contributed by atoms with Gasteiger partial charge in [0.1, 0.15) is 17.3 Å². The summed E-state index contributed by atoms with van der Waals surface area (Å²) in [4.78, 5) is 11.9. The monoisotopic (exact) mass is 371 g/mol. The fourth-order valence-corrected chi connectivity index (χ4v) is 2.71. The molecule has 0 unspecified atom stereocenters. The van der Waals surface area contributed by atoms with E-state index >= 15 is 0 Å². The summed E-state index contributed by atoms with van der Waals surface area (Å²) < 4.78 is 12.7. The average molecular weight is 372 g/mol. The first-order valence-electron chi connectivity index (χ1n) is 7.92. The van der Waals surface area contributed by atoms with E-state index in [1.165, 1.54) is 6.21 Å². The molecule has 0 saturated heterocycles. The molecule has 7 heteroatoms. The lowest BCUT2D eigenvalue weighted by Crippen LogP contribution is -2.20. The van der Waals surface area contributed by atoms with Crippen LogP contribution in [0, 0.1) is 0 Å². The van der Waals surface area contributed by atoms with Crippen LogP contribution in [-0.4, -0.2) is 23.8 Å². The standard InChI is InChI=1S/C19H18ClN3O3/c1-23-9-3-4-14(23)11-19(24)22-21-12-15-6-8-17(26-15)13-5-7-18(25-2)16(20)10-13/h3-10,12H,11H2,1-2H3,(H,22,24)/b21-12+. The van der Waals surface area contributed by atoms with Crippen molar-refractivity contribution in [2.45, 2.75) is 6.42 Å². The summed E-state index contributed by atoms with van der Waals surface area (Å²) >= 11 is 6.13. The molecule has 0 aliphatic rings. The van der Waals surface area contributed by atoms with Crippen molar-refractivity contribution < 1.29 is 13.9 Å².